The van der Waals surface area contributed by atoms with Crippen LogP contribution in [0.5, 0.6) is 11.5 Å². The van der Waals surface area contributed by atoms with Gasteiger partial charge in [0.25, 0.3) is 0 Å². The molecule has 1 aliphatic heterocycles. The van der Waals surface area contributed by atoms with Crippen LogP contribution in [0.1, 0.15) is 37.3 Å². The van der Waals surface area contributed by atoms with E-state index in [1.807, 2.05) is 54.6 Å². The van der Waals surface area contributed by atoms with E-state index in [-0.39, 0.29) is 11.6 Å². The highest BCUT2D eigenvalue weighted by Gasteiger charge is 2.21. The number of hydrogen-bond donors (Lipinski definition) is 0. The maximum Gasteiger partial charge on any atom is 0.135 e. The standard InChI is InChI=1S/C34H28F2N2O2S2/c1-3-4-18-40-24-13-15-27(30(36)20-24)31-6-5-7-32(41-31)28-17-16-26(33-34(28)38-42-37-33)25-14-10-22(19-29(25)35)21-8-11-23(39-2)12-9-21/h6-17,19-20H,3-5,18H2,1-2H3. The zero-order chi connectivity index (χ0) is 29.1. The van der Waals surface area contributed by atoms with Crippen molar-refractivity contribution < 1.29 is 18.3 Å². The van der Waals surface area contributed by atoms with Gasteiger partial charge in [-0.2, -0.15) is 8.75 Å². The van der Waals surface area contributed by atoms with Gasteiger partial charge >= 0.3 is 0 Å². The molecule has 0 spiro atoms. The van der Waals surface area contributed by atoms with Crippen LogP contribution in [0.15, 0.2) is 84.9 Å². The Morgan fingerprint density at radius 3 is 2.05 bits per heavy atom. The van der Waals surface area contributed by atoms with Crippen LogP contribution in [0.2, 0.25) is 0 Å². The van der Waals surface area contributed by atoms with Crippen LogP contribution in [-0.2, 0) is 0 Å². The molecule has 42 heavy (non-hydrogen) atoms. The lowest BCUT2D eigenvalue weighted by molar-refractivity contribution is 0.308. The van der Waals surface area contributed by atoms with E-state index in [2.05, 4.69) is 21.7 Å². The van der Waals surface area contributed by atoms with E-state index in [1.54, 1.807) is 25.3 Å². The average Bonchev–Trinajstić information content (AvgIpc) is 3.51. The topological polar surface area (TPSA) is 44.2 Å². The fraction of sp³-hybridized carbons (Fsp3) is 0.176. The summed E-state index contributed by atoms with van der Waals surface area (Å²) >= 11 is 2.60. The Morgan fingerprint density at radius 1 is 0.714 bits per heavy atom. The number of unbranched alkanes of at least 4 members (excludes halogenated alkanes) is 1. The summed E-state index contributed by atoms with van der Waals surface area (Å²) < 4.78 is 50.7. The van der Waals surface area contributed by atoms with E-state index in [4.69, 9.17) is 9.47 Å². The monoisotopic (exact) mass is 598 g/mol. The van der Waals surface area contributed by atoms with Crippen molar-refractivity contribution in [2.24, 2.45) is 0 Å². The van der Waals surface area contributed by atoms with Crippen molar-refractivity contribution in [3.8, 4) is 33.8 Å². The van der Waals surface area contributed by atoms with Gasteiger partial charge in [0.15, 0.2) is 0 Å². The first-order valence-corrected chi connectivity index (χ1v) is 15.3. The molecular weight excluding hydrogens is 571 g/mol. The van der Waals surface area contributed by atoms with Gasteiger partial charge in [-0.15, -0.1) is 0 Å². The van der Waals surface area contributed by atoms with Gasteiger partial charge in [-0.05, 0) is 54.3 Å². The number of thioether (sulfide) groups is 1. The maximum atomic E-state index is 15.5. The molecule has 212 valence electrons. The van der Waals surface area contributed by atoms with Crippen molar-refractivity contribution in [3.63, 3.8) is 0 Å². The van der Waals surface area contributed by atoms with E-state index in [9.17, 15) is 0 Å². The molecule has 2 heterocycles. The van der Waals surface area contributed by atoms with Crippen molar-refractivity contribution in [1.82, 2.24) is 8.75 Å². The minimum atomic E-state index is -0.334. The second kappa shape index (κ2) is 12.5. The maximum absolute atomic E-state index is 15.5. The van der Waals surface area contributed by atoms with Gasteiger partial charge in [0, 0.05) is 38.1 Å². The zero-order valence-corrected chi connectivity index (χ0v) is 24.8. The second-order valence-electron chi connectivity index (χ2n) is 9.86. The molecule has 0 saturated carbocycles. The number of fused-ring (bicyclic) bond motifs is 1. The van der Waals surface area contributed by atoms with Crippen LogP contribution in [-0.4, -0.2) is 22.5 Å². The third-order valence-electron chi connectivity index (χ3n) is 7.16. The predicted molar refractivity (Wildman–Crippen MR) is 170 cm³/mol. The molecule has 0 bridgehead atoms. The molecule has 1 aliphatic rings. The molecule has 4 nitrogen and oxygen atoms in total. The van der Waals surface area contributed by atoms with Gasteiger partial charge in [0.1, 0.15) is 34.2 Å². The van der Waals surface area contributed by atoms with Crippen LogP contribution in [0.4, 0.5) is 8.78 Å². The molecule has 8 heteroatoms. The van der Waals surface area contributed by atoms with Gasteiger partial charge in [0.05, 0.1) is 25.4 Å². The highest BCUT2D eigenvalue weighted by atomic mass is 32.2. The lowest BCUT2D eigenvalue weighted by Gasteiger charge is -2.17. The first-order valence-electron chi connectivity index (χ1n) is 13.8. The molecule has 0 amide bonds. The van der Waals surface area contributed by atoms with E-state index >= 15 is 8.78 Å². The number of nitrogens with zero attached hydrogens (tertiary/aromatic N) is 2. The molecule has 5 aromatic rings. The molecule has 0 fully saturated rings. The summed E-state index contributed by atoms with van der Waals surface area (Å²) in [4.78, 5) is 1.81. The molecule has 0 N–H and O–H groups in total. The molecule has 0 unspecified atom stereocenters. The van der Waals surface area contributed by atoms with E-state index in [0.717, 1.165) is 56.8 Å². The lowest BCUT2D eigenvalue weighted by atomic mass is 9.97. The number of allylic oxidation sites excluding steroid dienone is 2. The lowest BCUT2D eigenvalue weighted by Crippen LogP contribution is -1.98. The van der Waals surface area contributed by atoms with E-state index in [1.165, 1.54) is 17.8 Å². The summed E-state index contributed by atoms with van der Waals surface area (Å²) in [6, 6.07) is 21.7. The Bertz CT molecular complexity index is 1810. The highest BCUT2D eigenvalue weighted by molar-refractivity contribution is 8.16. The van der Waals surface area contributed by atoms with Crippen molar-refractivity contribution in [2.45, 2.75) is 26.2 Å². The van der Waals surface area contributed by atoms with Gasteiger partial charge in [-0.25, -0.2) is 8.78 Å². The minimum absolute atomic E-state index is 0.312. The van der Waals surface area contributed by atoms with Gasteiger partial charge in [-0.3, -0.25) is 0 Å². The van der Waals surface area contributed by atoms with Crippen LogP contribution in [0, 0.1) is 11.6 Å². The molecule has 0 aliphatic carbocycles. The Labute approximate surface area is 252 Å². The van der Waals surface area contributed by atoms with Crippen LogP contribution >= 0.6 is 23.5 Å². The van der Waals surface area contributed by atoms with Crippen molar-refractivity contribution >= 4 is 44.3 Å². The number of rotatable bonds is 9. The Hall–Kier alpha value is -4.01. The van der Waals surface area contributed by atoms with Crippen LogP contribution in [0.3, 0.4) is 0 Å². The normalized spacial score (nSPS) is 13.1. The number of aromatic nitrogens is 2. The van der Waals surface area contributed by atoms with Crippen molar-refractivity contribution in [3.05, 3.63) is 108 Å². The molecule has 6 rings (SSSR count). The molecule has 0 atom stereocenters. The Kier molecular flexibility index (Phi) is 8.35. The smallest absolute Gasteiger partial charge is 0.135 e. The number of benzene rings is 4. The third-order valence-corrected chi connectivity index (χ3v) is 8.90. The third kappa shape index (κ3) is 5.69. The zero-order valence-electron chi connectivity index (χ0n) is 23.2. The largest absolute Gasteiger partial charge is 0.497 e. The summed E-state index contributed by atoms with van der Waals surface area (Å²) in [5.74, 6) is 0.642. The fourth-order valence-corrected chi connectivity index (χ4v) is 6.62. The number of hydrogen-bond acceptors (Lipinski definition) is 6. The molecule has 4 aromatic carbocycles. The Balaban J connectivity index is 1.26. The summed E-state index contributed by atoms with van der Waals surface area (Å²) in [5.41, 5.74) is 5.61. The molecule has 0 radical (unpaired) electrons. The predicted octanol–water partition coefficient (Wildman–Crippen LogP) is 10.0. The molecule has 0 saturated heterocycles. The second-order valence-corrected chi connectivity index (χ2v) is 11.5. The molecule has 1 aromatic heterocycles. The van der Waals surface area contributed by atoms with Crippen molar-refractivity contribution in [2.75, 3.05) is 13.7 Å². The minimum Gasteiger partial charge on any atom is -0.497 e. The number of halogens is 2. The van der Waals surface area contributed by atoms with Crippen LogP contribution < -0.4 is 9.47 Å². The first kappa shape index (κ1) is 28.1. The number of ether oxygens (including phenoxy) is 2. The first-order chi connectivity index (χ1) is 20.6. The van der Waals surface area contributed by atoms with Gasteiger partial charge in [0.2, 0.25) is 0 Å². The number of methoxy groups -OCH3 is 1. The van der Waals surface area contributed by atoms with Gasteiger partial charge < -0.3 is 9.47 Å². The van der Waals surface area contributed by atoms with E-state index < -0.39 is 0 Å². The summed E-state index contributed by atoms with van der Waals surface area (Å²) in [7, 11) is 1.62. The van der Waals surface area contributed by atoms with Gasteiger partial charge in [-0.1, -0.05) is 73.7 Å². The molecular formula is C34H28F2N2O2S2. The summed E-state index contributed by atoms with van der Waals surface area (Å²) in [5, 5.41) is 0. The fourth-order valence-electron chi connectivity index (χ4n) is 4.90. The summed E-state index contributed by atoms with van der Waals surface area (Å²) in [6.45, 7) is 2.66. The average molecular weight is 599 g/mol. The summed E-state index contributed by atoms with van der Waals surface area (Å²) in [6.07, 6.45) is 6.74. The van der Waals surface area contributed by atoms with Crippen LogP contribution in [0.25, 0.3) is 43.1 Å². The Morgan fingerprint density at radius 2 is 1.33 bits per heavy atom. The highest BCUT2D eigenvalue weighted by Crippen LogP contribution is 2.46. The van der Waals surface area contributed by atoms with Crippen molar-refractivity contribution in [1.29, 1.82) is 0 Å². The quantitative estimate of drug-likeness (QED) is 0.158. The van der Waals surface area contributed by atoms with E-state index in [0.29, 0.717) is 46.5 Å². The SMILES string of the molecule is CCCCOc1ccc(C2=CCC=C(c3ccc(-c4ccc(-c5ccc(OC)cc5)cc4F)c4nsnc34)S2)c(F)c1.